The van der Waals surface area contributed by atoms with Crippen LogP contribution in [-0.4, -0.2) is 48.4 Å². The summed E-state index contributed by atoms with van der Waals surface area (Å²) >= 11 is 0. The van der Waals surface area contributed by atoms with Crippen molar-refractivity contribution in [3.63, 3.8) is 0 Å². The number of halogens is 1. The Bertz CT molecular complexity index is 816. The summed E-state index contributed by atoms with van der Waals surface area (Å²) in [6.45, 7) is 4.08. The standard InChI is InChI=1S/C22H24FN3O/c23-21-15-19(17-24)14-20(16-21)22(27)26-11-5-10-25(12-13-26)9-4-8-18-6-2-1-3-7-18/h1-3,6-7,14-16H,4-5,8-13H2. The molecule has 1 saturated heterocycles. The Balaban J connectivity index is 1.53. The van der Waals surface area contributed by atoms with Gasteiger partial charge in [-0.05, 0) is 56.1 Å². The van der Waals surface area contributed by atoms with E-state index in [4.69, 9.17) is 5.26 Å². The first-order chi connectivity index (χ1) is 13.2. The molecule has 0 spiro atoms. The van der Waals surface area contributed by atoms with Gasteiger partial charge in [-0.25, -0.2) is 4.39 Å². The van der Waals surface area contributed by atoms with Crippen LogP contribution in [-0.2, 0) is 6.42 Å². The summed E-state index contributed by atoms with van der Waals surface area (Å²) in [4.78, 5) is 16.9. The fourth-order valence-corrected chi connectivity index (χ4v) is 3.51. The number of nitrogens with zero attached hydrogens (tertiary/aromatic N) is 3. The van der Waals surface area contributed by atoms with E-state index in [2.05, 4.69) is 29.2 Å². The van der Waals surface area contributed by atoms with Gasteiger partial charge in [-0.3, -0.25) is 4.79 Å². The lowest BCUT2D eigenvalue weighted by Crippen LogP contribution is -2.35. The van der Waals surface area contributed by atoms with Gasteiger partial charge >= 0.3 is 0 Å². The molecule has 1 aliphatic rings. The molecular formula is C22H24FN3O. The normalized spacial score (nSPS) is 15.2. The van der Waals surface area contributed by atoms with Crippen molar-refractivity contribution in [3.05, 3.63) is 71.0 Å². The monoisotopic (exact) mass is 365 g/mol. The van der Waals surface area contributed by atoms with Crippen LogP contribution in [0.25, 0.3) is 0 Å². The van der Waals surface area contributed by atoms with E-state index >= 15 is 0 Å². The average Bonchev–Trinajstić information content (AvgIpc) is 2.93. The Morgan fingerprint density at radius 2 is 1.89 bits per heavy atom. The van der Waals surface area contributed by atoms with Gasteiger partial charge in [0.2, 0.25) is 0 Å². The first kappa shape index (κ1) is 19.1. The van der Waals surface area contributed by atoms with Gasteiger partial charge < -0.3 is 9.80 Å². The third-order valence-electron chi connectivity index (χ3n) is 4.93. The van der Waals surface area contributed by atoms with Crippen LogP contribution in [0.5, 0.6) is 0 Å². The first-order valence-electron chi connectivity index (χ1n) is 9.42. The van der Waals surface area contributed by atoms with Gasteiger partial charge in [-0.15, -0.1) is 0 Å². The summed E-state index contributed by atoms with van der Waals surface area (Å²) in [5, 5.41) is 8.97. The second-order valence-electron chi connectivity index (χ2n) is 6.92. The van der Waals surface area contributed by atoms with Crippen molar-refractivity contribution in [2.75, 3.05) is 32.7 Å². The maximum atomic E-state index is 13.6. The van der Waals surface area contributed by atoms with Gasteiger partial charge in [-0.1, -0.05) is 30.3 Å². The lowest BCUT2D eigenvalue weighted by atomic mass is 10.1. The van der Waals surface area contributed by atoms with Crippen molar-refractivity contribution in [3.8, 4) is 6.07 Å². The highest BCUT2D eigenvalue weighted by molar-refractivity contribution is 5.94. The van der Waals surface area contributed by atoms with Gasteiger partial charge in [0, 0.05) is 25.2 Å². The second-order valence-corrected chi connectivity index (χ2v) is 6.92. The number of nitriles is 1. The predicted octanol–water partition coefficient (Wildman–Crippen LogP) is 3.48. The van der Waals surface area contributed by atoms with Gasteiger partial charge in [0.25, 0.3) is 5.91 Å². The Hall–Kier alpha value is -2.71. The molecule has 140 valence electrons. The minimum atomic E-state index is -0.547. The van der Waals surface area contributed by atoms with Crippen LogP contribution in [0.4, 0.5) is 4.39 Å². The smallest absolute Gasteiger partial charge is 0.254 e. The van der Waals surface area contributed by atoms with Crippen molar-refractivity contribution in [2.45, 2.75) is 19.3 Å². The van der Waals surface area contributed by atoms with E-state index in [1.165, 1.54) is 17.7 Å². The van der Waals surface area contributed by atoms with E-state index < -0.39 is 5.82 Å². The van der Waals surface area contributed by atoms with Crippen molar-refractivity contribution in [2.24, 2.45) is 0 Å². The number of carbonyl (C=O) groups is 1. The van der Waals surface area contributed by atoms with Crippen LogP contribution >= 0.6 is 0 Å². The molecule has 0 unspecified atom stereocenters. The third kappa shape index (κ3) is 5.38. The molecule has 0 aliphatic carbocycles. The first-order valence-corrected chi connectivity index (χ1v) is 9.42. The quantitative estimate of drug-likeness (QED) is 0.815. The van der Waals surface area contributed by atoms with Crippen LogP contribution in [0.3, 0.4) is 0 Å². The van der Waals surface area contributed by atoms with Crippen LogP contribution < -0.4 is 0 Å². The molecule has 0 radical (unpaired) electrons. The van der Waals surface area contributed by atoms with Crippen molar-refractivity contribution >= 4 is 5.91 Å². The Morgan fingerprint density at radius 3 is 2.67 bits per heavy atom. The van der Waals surface area contributed by atoms with Crippen LogP contribution in [0.15, 0.2) is 48.5 Å². The van der Waals surface area contributed by atoms with Crippen LogP contribution in [0.2, 0.25) is 0 Å². The number of hydrogen-bond acceptors (Lipinski definition) is 3. The molecular weight excluding hydrogens is 341 g/mol. The lowest BCUT2D eigenvalue weighted by molar-refractivity contribution is 0.0761. The molecule has 0 saturated carbocycles. The third-order valence-corrected chi connectivity index (χ3v) is 4.93. The number of amides is 1. The zero-order chi connectivity index (χ0) is 19.1. The summed E-state index contributed by atoms with van der Waals surface area (Å²) < 4.78 is 13.6. The zero-order valence-electron chi connectivity index (χ0n) is 15.4. The number of rotatable bonds is 5. The number of hydrogen-bond donors (Lipinski definition) is 0. The summed E-state index contributed by atoms with van der Waals surface area (Å²) in [5.41, 5.74) is 1.78. The van der Waals surface area contributed by atoms with Gasteiger partial charge in [-0.2, -0.15) is 5.26 Å². The van der Waals surface area contributed by atoms with E-state index in [-0.39, 0.29) is 17.0 Å². The molecule has 0 bridgehead atoms. The Morgan fingerprint density at radius 1 is 1.07 bits per heavy atom. The second kappa shape index (κ2) is 9.29. The highest BCUT2D eigenvalue weighted by atomic mass is 19.1. The molecule has 1 amide bonds. The molecule has 1 heterocycles. The van der Waals surface area contributed by atoms with E-state index in [9.17, 15) is 9.18 Å². The molecule has 5 heteroatoms. The largest absolute Gasteiger partial charge is 0.337 e. The highest BCUT2D eigenvalue weighted by Gasteiger charge is 2.21. The van der Waals surface area contributed by atoms with E-state index in [0.717, 1.165) is 45.0 Å². The van der Waals surface area contributed by atoms with Gasteiger partial charge in [0.15, 0.2) is 0 Å². The molecule has 1 aliphatic heterocycles. The zero-order valence-corrected chi connectivity index (χ0v) is 15.4. The molecule has 2 aromatic carbocycles. The molecule has 4 nitrogen and oxygen atoms in total. The van der Waals surface area contributed by atoms with Crippen molar-refractivity contribution < 1.29 is 9.18 Å². The number of benzene rings is 2. The SMILES string of the molecule is N#Cc1cc(F)cc(C(=O)N2CCCN(CCCc3ccccc3)CC2)c1. The molecule has 0 aromatic heterocycles. The Kier molecular flexibility index (Phi) is 6.56. The minimum absolute atomic E-state index is 0.177. The topological polar surface area (TPSA) is 47.3 Å². The minimum Gasteiger partial charge on any atom is -0.337 e. The van der Waals surface area contributed by atoms with Crippen LogP contribution in [0.1, 0.15) is 34.3 Å². The van der Waals surface area contributed by atoms with Gasteiger partial charge in [0.1, 0.15) is 5.82 Å². The molecule has 3 rings (SSSR count). The molecule has 1 fully saturated rings. The van der Waals surface area contributed by atoms with Crippen molar-refractivity contribution in [1.82, 2.24) is 9.80 Å². The molecule has 2 aromatic rings. The summed E-state index contributed by atoms with van der Waals surface area (Å²) in [5.74, 6) is -0.744. The molecule has 27 heavy (non-hydrogen) atoms. The van der Waals surface area contributed by atoms with E-state index in [0.29, 0.717) is 13.1 Å². The molecule has 0 N–H and O–H groups in total. The fraction of sp³-hybridized carbons (Fsp3) is 0.364. The highest BCUT2D eigenvalue weighted by Crippen LogP contribution is 2.14. The summed E-state index contributed by atoms with van der Waals surface area (Å²) in [6.07, 6.45) is 3.05. The number of carbonyl (C=O) groups excluding carboxylic acids is 1. The van der Waals surface area contributed by atoms with E-state index in [1.807, 2.05) is 12.1 Å². The molecule has 0 atom stereocenters. The predicted molar refractivity (Wildman–Crippen MR) is 103 cm³/mol. The van der Waals surface area contributed by atoms with Gasteiger partial charge in [0.05, 0.1) is 11.6 Å². The Labute approximate surface area is 159 Å². The lowest BCUT2D eigenvalue weighted by Gasteiger charge is -2.22. The number of aryl methyl sites for hydroxylation is 1. The maximum Gasteiger partial charge on any atom is 0.254 e. The maximum absolute atomic E-state index is 13.6. The average molecular weight is 365 g/mol. The van der Waals surface area contributed by atoms with Crippen molar-refractivity contribution in [1.29, 1.82) is 5.26 Å². The summed E-state index contributed by atoms with van der Waals surface area (Å²) in [7, 11) is 0. The van der Waals surface area contributed by atoms with Crippen LogP contribution in [0, 0.1) is 17.1 Å². The summed E-state index contributed by atoms with van der Waals surface area (Å²) in [6, 6.07) is 16.2. The van der Waals surface area contributed by atoms with E-state index in [1.54, 1.807) is 4.90 Å². The fourth-order valence-electron chi connectivity index (χ4n) is 3.51.